The fraction of sp³-hybridized carbons (Fsp3) is 0.357. The van der Waals surface area contributed by atoms with Crippen LogP contribution < -0.4 is 5.32 Å². The van der Waals surface area contributed by atoms with Crippen molar-refractivity contribution in [3.8, 4) is 0 Å². The first-order chi connectivity index (χ1) is 10.3. The third-order valence-corrected chi connectivity index (χ3v) is 4.24. The molecule has 21 heavy (non-hydrogen) atoms. The highest BCUT2D eigenvalue weighted by molar-refractivity contribution is 7.99. The molecule has 0 aliphatic carbocycles. The lowest BCUT2D eigenvalue weighted by Gasteiger charge is -2.05. The topological polar surface area (TPSA) is 60.0 Å². The average Bonchev–Trinajstić information content (AvgIpc) is 3.04. The van der Waals surface area contributed by atoms with E-state index in [1.807, 2.05) is 36.0 Å². The van der Waals surface area contributed by atoms with E-state index in [1.54, 1.807) is 18.1 Å². The van der Waals surface area contributed by atoms with Crippen molar-refractivity contribution < 1.29 is 0 Å². The number of aromatic nitrogens is 5. The van der Waals surface area contributed by atoms with Gasteiger partial charge in [0.1, 0.15) is 17.0 Å². The Labute approximate surface area is 127 Å². The first-order valence-electron chi connectivity index (χ1n) is 6.98. The van der Waals surface area contributed by atoms with Gasteiger partial charge in [0.2, 0.25) is 0 Å². The highest BCUT2D eigenvalue weighted by atomic mass is 32.2. The predicted octanol–water partition coefficient (Wildman–Crippen LogP) is 2.11. The molecule has 0 unspecified atom stereocenters. The van der Waals surface area contributed by atoms with Crippen LogP contribution in [0, 0.1) is 0 Å². The number of hydrogen-bond donors (Lipinski definition) is 1. The summed E-state index contributed by atoms with van der Waals surface area (Å²) in [5, 5.41) is 13.3. The molecule has 0 spiro atoms. The fourth-order valence-corrected chi connectivity index (χ4v) is 2.98. The Hall–Kier alpha value is -1.86. The number of rotatable bonds is 6. The van der Waals surface area contributed by atoms with Gasteiger partial charge in [0, 0.05) is 19.8 Å². The van der Waals surface area contributed by atoms with E-state index >= 15 is 0 Å². The number of nitrogens with zero attached hydrogens (tertiary/aromatic N) is 5. The smallest absolute Gasteiger partial charge is 0.197 e. The molecule has 6 nitrogen and oxygen atoms in total. The molecule has 1 N–H and O–H groups in total. The molecule has 3 rings (SSSR count). The molecule has 3 aromatic rings. The van der Waals surface area contributed by atoms with Crippen molar-refractivity contribution in [3.63, 3.8) is 0 Å². The van der Waals surface area contributed by atoms with E-state index in [0.717, 1.165) is 41.0 Å². The molecule has 0 aromatic carbocycles. The van der Waals surface area contributed by atoms with Crippen LogP contribution in [0.3, 0.4) is 0 Å². The van der Waals surface area contributed by atoms with Crippen molar-refractivity contribution in [1.29, 1.82) is 0 Å². The quantitative estimate of drug-likeness (QED) is 0.707. The van der Waals surface area contributed by atoms with Crippen LogP contribution in [0.4, 0.5) is 0 Å². The van der Waals surface area contributed by atoms with Crippen LogP contribution in [0.1, 0.15) is 19.0 Å². The summed E-state index contributed by atoms with van der Waals surface area (Å²) in [7, 11) is 1.94. The van der Waals surface area contributed by atoms with E-state index in [0.29, 0.717) is 0 Å². The van der Waals surface area contributed by atoms with Crippen molar-refractivity contribution in [2.45, 2.75) is 30.1 Å². The van der Waals surface area contributed by atoms with E-state index in [1.165, 1.54) is 0 Å². The summed E-state index contributed by atoms with van der Waals surface area (Å²) < 4.78 is 4.03. The zero-order chi connectivity index (χ0) is 14.7. The molecule has 0 radical (unpaired) electrons. The van der Waals surface area contributed by atoms with Crippen molar-refractivity contribution >= 4 is 17.4 Å². The van der Waals surface area contributed by atoms with Gasteiger partial charge >= 0.3 is 0 Å². The fourth-order valence-electron chi connectivity index (χ4n) is 2.10. The Bertz CT molecular complexity index is 732. The Morgan fingerprint density at radius 1 is 1.33 bits per heavy atom. The molecule has 7 heteroatoms. The maximum absolute atomic E-state index is 4.71. The lowest BCUT2D eigenvalue weighted by atomic mass is 10.4. The second-order valence-electron chi connectivity index (χ2n) is 4.80. The minimum Gasteiger partial charge on any atom is -0.311 e. The standard InChI is InChI=1S/C14H18N6S/c1-3-7-15-9-11-13(21-14-18-16-10-19(14)2)17-12-6-4-5-8-20(11)12/h4-6,8,10,15H,3,7,9H2,1-2H3. The zero-order valence-electron chi connectivity index (χ0n) is 12.2. The van der Waals surface area contributed by atoms with E-state index in [-0.39, 0.29) is 0 Å². The molecule has 0 saturated heterocycles. The Balaban J connectivity index is 1.95. The van der Waals surface area contributed by atoms with Gasteiger partial charge in [-0.3, -0.25) is 0 Å². The molecule has 0 bridgehead atoms. The zero-order valence-corrected chi connectivity index (χ0v) is 13.0. The van der Waals surface area contributed by atoms with Crippen molar-refractivity contribution in [3.05, 3.63) is 36.4 Å². The highest BCUT2D eigenvalue weighted by Gasteiger charge is 2.15. The van der Waals surface area contributed by atoms with E-state index in [4.69, 9.17) is 4.98 Å². The van der Waals surface area contributed by atoms with Gasteiger partial charge in [0.15, 0.2) is 5.16 Å². The summed E-state index contributed by atoms with van der Waals surface area (Å²) in [5.41, 5.74) is 2.11. The minimum atomic E-state index is 0.791. The highest BCUT2D eigenvalue weighted by Crippen LogP contribution is 2.28. The van der Waals surface area contributed by atoms with Crippen molar-refractivity contribution in [2.75, 3.05) is 6.54 Å². The van der Waals surface area contributed by atoms with Crippen LogP contribution in [-0.4, -0.2) is 30.7 Å². The number of fused-ring (bicyclic) bond motifs is 1. The molecule has 3 aromatic heterocycles. The van der Waals surface area contributed by atoms with Gasteiger partial charge in [0.05, 0.1) is 5.69 Å². The van der Waals surface area contributed by atoms with Crippen LogP contribution in [0.5, 0.6) is 0 Å². The summed E-state index contributed by atoms with van der Waals surface area (Å²) in [6.45, 7) is 3.95. The number of nitrogens with one attached hydrogen (secondary N) is 1. The van der Waals surface area contributed by atoms with Crippen LogP contribution >= 0.6 is 11.8 Å². The molecule has 0 saturated carbocycles. The number of hydrogen-bond acceptors (Lipinski definition) is 5. The van der Waals surface area contributed by atoms with Gasteiger partial charge in [0.25, 0.3) is 0 Å². The molecular formula is C14H18N6S. The monoisotopic (exact) mass is 302 g/mol. The summed E-state index contributed by atoms with van der Waals surface area (Å²) in [6, 6.07) is 6.04. The van der Waals surface area contributed by atoms with Gasteiger partial charge < -0.3 is 14.3 Å². The van der Waals surface area contributed by atoms with Crippen LogP contribution in [0.15, 0.2) is 40.9 Å². The van der Waals surface area contributed by atoms with Gasteiger partial charge in [-0.15, -0.1) is 10.2 Å². The number of aryl methyl sites for hydroxylation is 1. The van der Waals surface area contributed by atoms with Crippen LogP contribution in [-0.2, 0) is 13.6 Å². The van der Waals surface area contributed by atoms with E-state index < -0.39 is 0 Å². The lowest BCUT2D eigenvalue weighted by Crippen LogP contribution is -2.15. The van der Waals surface area contributed by atoms with Crippen molar-refractivity contribution in [1.82, 2.24) is 29.5 Å². The minimum absolute atomic E-state index is 0.791. The summed E-state index contributed by atoms with van der Waals surface area (Å²) in [5.74, 6) is 0. The normalized spacial score (nSPS) is 11.3. The molecule has 3 heterocycles. The molecule has 0 aliphatic rings. The van der Waals surface area contributed by atoms with Crippen molar-refractivity contribution in [2.24, 2.45) is 7.05 Å². The lowest BCUT2D eigenvalue weighted by molar-refractivity contribution is 0.652. The molecule has 110 valence electrons. The maximum Gasteiger partial charge on any atom is 0.197 e. The predicted molar refractivity (Wildman–Crippen MR) is 82.3 cm³/mol. The molecule has 0 amide bonds. The molecule has 0 fully saturated rings. The Morgan fingerprint density at radius 3 is 3.00 bits per heavy atom. The third kappa shape index (κ3) is 2.93. The van der Waals surface area contributed by atoms with Gasteiger partial charge in [-0.25, -0.2) is 4.98 Å². The summed E-state index contributed by atoms with van der Waals surface area (Å²) >= 11 is 1.55. The van der Waals surface area contributed by atoms with Gasteiger partial charge in [-0.1, -0.05) is 13.0 Å². The largest absolute Gasteiger partial charge is 0.311 e. The Kier molecular flexibility index (Phi) is 4.21. The number of imidazole rings is 1. The summed E-state index contributed by atoms with van der Waals surface area (Å²) in [6.07, 6.45) is 4.86. The average molecular weight is 302 g/mol. The third-order valence-electron chi connectivity index (χ3n) is 3.17. The molecular weight excluding hydrogens is 284 g/mol. The first-order valence-corrected chi connectivity index (χ1v) is 7.79. The first kappa shape index (κ1) is 14.1. The van der Waals surface area contributed by atoms with Crippen LogP contribution in [0.2, 0.25) is 0 Å². The van der Waals surface area contributed by atoms with E-state index in [2.05, 4.69) is 26.8 Å². The second-order valence-corrected chi connectivity index (χ2v) is 5.75. The molecule has 0 atom stereocenters. The second kappa shape index (κ2) is 6.28. The Morgan fingerprint density at radius 2 is 2.24 bits per heavy atom. The SMILES string of the molecule is CCCNCc1c(Sc2nncn2C)nc2ccccn12. The number of pyridine rings is 1. The molecule has 0 aliphatic heterocycles. The van der Waals surface area contributed by atoms with E-state index in [9.17, 15) is 0 Å². The summed E-state index contributed by atoms with van der Waals surface area (Å²) in [4.78, 5) is 4.71. The van der Waals surface area contributed by atoms with Crippen LogP contribution in [0.25, 0.3) is 5.65 Å². The maximum atomic E-state index is 4.71. The van der Waals surface area contributed by atoms with Gasteiger partial charge in [-0.2, -0.15) is 0 Å². The van der Waals surface area contributed by atoms with Gasteiger partial charge in [-0.05, 0) is 36.9 Å².